The zero-order valence-corrected chi connectivity index (χ0v) is 49.2. The molecule has 0 unspecified atom stereocenters. The maximum Gasteiger partial charge on any atom is 0.155 e. The van der Waals surface area contributed by atoms with Gasteiger partial charge in [0, 0.05) is 38.7 Å². The van der Waals surface area contributed by atoms with Crippen molar-refractivity contribution in [3.8, 4) is 66.8 Å². The third-order valence-electron chi connectivity index (χ3n) is 18.3. The monoisotopic (exact) mass is 1140 g/mol. The second-order valence-electron chi connectivity index (χ2n) is 23.8. The highest BCUT2D eigenvalue weighted by molar-refractivity contribution is 6.25. The molecule has 0 heterocycles. The lowest BCUT2D eigenvalue weighted by atomic mass is 9.66. The molecule has 0 amide bonds. The van der Waals surface area contributed by atoms with Crippen molar-refractivity contribution in [1.29, 1.82) is 0 Å². The Hall–Kier alpha value is -11.2. The van der Waals surface area contributed by atoms with Crippen molar-refractivity contribution in [3.63, 3.8) is 0 Å². The van der Waals surface area contributed by atoms with E-state index in [2.05, 4.69) is 218 Å². The highest BCUT2D eigenvalue weighted by Gasteiger charge is 2.37. The molecule has 15 aromatic rings. The summed E-state index contributed by atoms with van der Waals surface area (Å²) in [4.78, 5) is 4.28. The van der Waals surface area contributed by atoms with Crippen molar-refractivity contribution in [3.05, 3.63) is 338 Å². The summed E-state index contributed by atoms with van der Waals surface area (Å²) in [5.41, 5.74) is 16.9. The molecule has 0 N–H and O–H groups in total. The summed E-state index contributed by atoms with van der Waals surface area (Å²) in [6.45, 7) is 4.66. The van der Waals surface area contributed by atoms with E-state index in [9.17, 15) is 0 Å². The van der Waals surface area contributed by atoms with Crippen LogP contribution in [0.1, 0.15) is 25.0 Å². The number of fused-ring (bicyclic) bond motifs is 6. The third-order valence-corrected chi connectivity index (χ3v) is 18.3. The highest BCUT2D eigenvalue weighted by Crippen LogP contribution is 2.57. The molecule has 15 aromatic carbocycles. The van der Waals surface area contributed by atoms with Crippen molar-refractivity contribution in [2.45, 2.75) is 19.3 Å². The van der Waals surface area contributed by atoms with E-state index in [0.717, 1.165) is 122 Å². The van der Waals surface area contributed by atoms with Gasteiger partial charge in [-0.25, -0.2) is 8.78 Å². The zero-order valence-electron chi connectivity index (χ0n) is 49.2. The average Bonchev–Trinajstić information content (AvgIpc) is 0.758. The van der Waals surface area contributed by atoms with Crippen LogP contribution in [0, 0.1) is 11.6 Å². The molecule has 0 aromatic heterocycles. The standard InChI is InChI=1S/C85H58F2N2/c1-85(2)74-42-24-41-68-73-53-64(88(76-43-22-37-57-33-18-20-39-66(57)76)78-51-62(55-25-8-3-9-26-55)49-71(83(78)86)59-29-12-5-13-30-59)45-47-69(73)80(61-35-16-7-17-36-61)82(81(68)74)70-48-46-65(54-75(70)85)89(77-44-23-38-58-34-19-21-40-67(58)77)79-52-63(56-27-10-4-11-28-56)50-72(84(79)87)60-31-14-6-15-32-60/h3-54H,1-2H3. The second kappa shape index (κ2) is 21.6. The minimum Gasteiger partial charge on any atom is -0.307 e. The number of anilines is 6. The van der Waals surface area contributed by atoms with Crippen LogP contribution in [0.15, 0.2) is 315 Å². The maximum absolute atomic E-state index is 18.4. The Morgan fingerprint density at radius 3 is 1.19 bits per heavy atom. The molecule has 89 heavy (non-hydrogen) atoms. The molecule has 0 atom stereocenters. The van der Waals surface area contributed by atoms with E-state index in [0.29, 0.717) is 22.5 Å². The lowest BCUT2D eigenvalue weighted by Gasteiger charge is -2.38. The summed E-state index contributed by atoms with van der Waals surface area (Å²) in [7, 11) is 0. The van der Waals surface area contributed by atoms with Gasteiger partial charge in [0.2, 0.25) is 0 Å². The molecule has 0 aliphatic heterocycles. The molecule has 422 valence electrons. The van der Waals surface area contributed by atoms with Crippen LogP contribution in [0.5, 0.6) is 0 Å². The van der Waals surface area contributed by atoms with Crippen LogP contribution in [0.4, 0.5) is 42.9 Å². The number of nitrogens with zero attached hydrogens (tertiary/aromatic N) is 2. The lowest BCUT2D eigenvalue weighted by molar-refractivity contribution is 0.632. The summed E-state index contributed by atoms with van der Waals surface area (Å²) in [6.07, 6.45) is 0. The Kier molecular flexibility index (Phi) is 13.0. The Bertz CT molecular complexity index is 5230. The van der Waals surface area contributed by atoms with Gasteiger partial charge >= 0.3 is 0 Å². The van der Waals surface area contributed by atoms with Crippen molar-refractivity contribution in [1.82, 2.24) is 0 Å². The number of rotatable bonds is 11. The van der Waals surface area contributed by atoms with E-state index in [4.69, 9.17) is 0 Å². The summed E-state index contributed by atoms with van der Waals surface area (Å²) in [5, 5.41) is 8.51. The molecule has 1 aliphatic rings. The SMILES string of the molecule is CC1(C)c2cc(N(c3cc(-c4ccccc4)cc(-c4ccccc4)c3F)c3cccc4ccccc34)ccc2-c2c(-c3ccccc3)c3ccc(N(c4cc(-c5ccccc5)cc(-c5ccccc5)c4F)c4cccc5ccccc45)cc3c3cccc1c23. The van der Waals surface area contributed by atoms with Gasteiger partial charge in [-0.1, -0.05) is 269 Å². The fraction of sp³-hybridized carbons (Fsp3) is 0.0353. The first kappa shape index (κ1) is 53.3. The first-order valence-corrected chi connectivity index (χ1v) is 30.4. The number of hydrogen-bond acceptors (Lipinski definition) is 2. The van der Waals surface area contributed by atoms with Gasteiger partial charge in [0.15, 0.2) is 11.6 Å². The maximum atomic E-state index is 18.4. The molecular formula is C85H58F2N2. The van der Waals surface area contributed by atoms with Gasteiger partial charge < -0.3 is 9.80 Å². The average molecular weight is 1150 g/mol. The van der Waals surface area contributed by atoms with Crippen LogP contribution in [-0.2, 0) is 5.41 Å². The van der Waals surface area contributed by atoms with Crippen LogP contribution in [0.3, 0.4) is 0 Å². The van der Waals surface area contributed by atoms with Gasteiger partial charge in [-0.15, -0.1) is 0 Å². The molecule has 0 fully saturated rings. The predicted molar refractivity (Wildman–Crippen MR) is 370 cm³/mol. The van der Waals surface area contributed by atoms with Gasteiger partial charge in [-0.3, -0.25) is 0 Å². The van der Waals surface area contributed by atoms with Gasteiger partial charge in [0.05, 0.1) is 22.7 Å². The van der Waals surface area contributed by atoms with Crippen molar-refractivity contribution >= 4 is 77.2 Å². The molecule has 0 saturated heterocycles. The summed E-state index contributed by atoms with van der Waals surface area (Å²) < 4.78 is 36.8. The first-order chi connectivity index (χ1) is 43.8. The summed E-state index contributed by atoms with van der Waals surface area (Å²) >= 11 is 0. The van der Waals surface area contributed by atoms with Crippen LogP contribution < -0.4 is 9.80 Å². The van der Waals surface area contributed by atoms with Crippen LogP contribution in [-0.4, -0.2) is 0 Å². The number of hydrogen-bond donors (Lipinski definition) is 0. The fourth-order valence-corrected chi connectivity index (χ4v) is 14.1. The Morgan fingerprint density at radius 1 is 0.258 bits per heavy atom. The molecule has 2 nitrogen and oxygen atoms in total. The number of halogens is 2. The smallest absolute Gasteiger partial charge is 0.155 e. The van der Waals surface area contributed by atoms with Gasteiger partial charge in [0.1, 0.15) is 0 Å². The van der Waals surface area contributed by atoms with Crippen LogP contribution in [0.25, 0.3) is 110 Å². The normalized spacial score (nSPS) is 12.4. The minimum absolute atomic E-state index is 0.310. The Morgan fingerprint density at radius 2 is 0.674 bits per heavy atom. The highest BCUT2D eigenvalue weighted by atomic mass is 19.1. The van der Waals surface area contributed by atoms with E-state index in [1.165, 1.54) is 10.9 Å². The molecule has 4 heteroatoms. The molecule has 1 aliphatic carbocycles. The molecule has 0 saturated carbocycles. The minimum atomic E-state index is -0.564. The van der Waals surface area contributed by atoms with Crippen molar-refractivity contribution < 1.29 is 8.78 Å². The van der Waals surface area contributed by atoms with E-state index < -0.39 is 5.41 Å². The van der Waals surface area contributed by atoms with E-state index in [1.807, 2.05) is 121 Å². The topological polar surface area (TPSA) is 6.48 Å². The molecule has 0 radical (unpaired) electrons. The van der Waals surface area contributed by atoms with Gasteiger partial charge in [-0.2, -0.15) is 0 Å². The van der Waals surface area contributed by atoms with Crippen molar-refractivity contribution in [2.24, 2.45) is 0 Å². The van der Waals surface area contributed by atoms with Crippen molar-refractivity contribution in [2.75, 3.05) is 9.80 Å². The predicted octanol–water partition coefficient (Wildman–Crippen LogP) is 24.2. The Labute approximate surface area is 517 Å². The molecule has 0 spiro atoms. The summed E-state index contributed by atoms with van der Waals surface area (Å²) in [5.74, 6) is -0.624. The van der Waals surface area contributed by atoms with Crippen LogP contribution >= 0.6 is 0 Å². The third kappa shape index (κ3) is 8.98. The lowest BCUT2D eigenvalue weighted by Crippen LogP contribution is -2.25. The zero-order chi connectivity index (χ0) is 59.7. The van der Waals surface area contributed by atoms with Gasteiger partial charge in [0.25, 0.3) is 0 Å². The van der Waals surface area contributed by atoms with Gasteiger partial charge in [-0.05, 0) is 160 Å². The molecular weight excluding hydrogens is 1090 g/mol. The second-order valence-corrected chi connectivity index (χ2v) is 23.8. The Balaban J connectivity index is 0.956. The quantitative estimate of drug-likeness (QED) is 0.119. The first-order valence-electron chi connectivity index (χ1n) is 30.4. The molecule has 16 rings (SSSR count). The van der Waals surface area contributed by atoms with E-state index in [1.54, 1.807) is 0 Å². The fourth-order valence-electron chi connectivity index (χ4n) is 14.1. The van der Waals surface area contributed by atoms with E-state index >= 15 is 8.78 Å². The molecule has 0 bridgehead atoms. The largest absolute Gasteiger partial charge is 0.307 e. The van der Waals surface area contributed by atoms with E-state index in [-0.39, 0.29) is 11.6 Å². The van der Waals surface area contributed by atoms with Crippen LogP contribution in [0.2, 0.25) is 0 Å². The summed E-state index contributed by atoms with van der Waals surface area (Å²) in [6, 6.07) is 109. The number of benzene rings is 15.